The summed E-state index contributed by atoms with van der Waals surface area (Å²) in [7, 11) is 0. The van der Waals surface area contributed by atoms with E-state index in [0.29, 0.717) is 0 Å². The van der Waals surface area contributed by atoms with Crippen molar-refractivity contribution in [1.82, 2.24) is 4.90 Å². The van der Waals surface area contributed by atoms with Crippen LogP contribution in [0.1, 0.15) is 24.5 Å². The summed E-state index contributed by atoms with van der Waals surface area (Å²) >= 11 is 0. The summed E-state index contributed by atoms with van der Waals surface area (Å²) in [5, 5.41) is 8.94. The summed E-state index contributed by atoms with van der Waals surface area (Å²) in [5.41, 5.74) is 2.34. The Morgan fingerprint density at radius 1 is 1.27 bits per heavy atom. The molecule has 2 nitrogen and oxygen atoms in total. The van der Waals surface area contributed by atoms with Gasteiger partial charge in [-0.05, 0) is 30.0 Å². The van der Waals surface area contributed by atoms with E-state index >= 15 is 0 Å². The molecule has 0 bridgehead atoms. The highest BCUT2D eigenvalue weighted by atomic mass is 16.3. The van der Waals surface area contributed by atoms with E-state index in [1.54, 1.807) is 0 Å². The molecule has 0 spiro atoms. The van der Waals surface area contributed by atoms with E-state index in [1.807, 2.05) is 12.1 Å². The average molecular weight is 205 g/mol. The minimum atomic E-state index is 0.140. The SMILES string of the molecule is CC1CCN(Cc2ccc(CO)cc2)C1. The largest absolute Gasteiger partial charge is 0.392 e. The van der Waals surface area contributed by atoms with E-state index in [2.05, 4.69) is 24.0 Å². The molecule has 1 aromatic carbocycles. The van der Waals surface area contributed by atoms with E-state index in [0.717, 1.165) is 18.0 Å². The maximum atomic E-state index is 8.94. The molecule has 1 aliphatic heterocycles. The monoisotopic (exact) mass is 205 g/mol. The van der Waals surface area contributed by atoms with Crippen LogP contribution in [0, 0.1) is 5.92 Å². The van der Waals surface area contributed by atoms with Crippen molar-refractivity contribution >= 4 is 0 Å². The van der Waals surface area contributed by atoms with Gasteiger partial charge in [0.15, 0.2) is 0 Å². The molecule has 2 heteroatoms. The molecule has 0 radical (unpaired) electrons. The van der Waals surface area contributed by atoms with E-state index < -0.39 is 0 Å². The number of aliphatic hydroxyl groups is 1. The van der Waals surface area contributed by atoms with E-state index in [4.69, 9.17) is 5.11 Å². The van der Waals surface area contributed by atoms with E-state index in [9.17, 15) is 0 Å². The zero-order chi connectivity index (χ0) is 10.7. The van der Waals surface area contributed by atoms with Gasteiger partial charge in [0.05, 0.1) is 6.61 Å². The van der Waals surface area contributed by atoms with Gasteiger partial charge in [-0.2, -0.15) is 0 Å². The van der Waals surface area contributed by atoms with Crippen molar-refractivity contribution < 1.29 is 5.11 Å². The quantitative estimate of drug-likeness (QED) is 0.816. The molecular formula is C13H19NO. The predicted molar refractivity (Wildman–Crippen MR) is 61.4 cm³/mol. The maximum absolute atomic E-state index is 8.94. The first-order chi connectivity index (χ1) is 7.28. The molecule has 15 heavy (non-hydrogen) atoms. The van der Waals surface area contributed by atoms with Crippen molar-refractivity contribution in [3.63, 3.8) is 0 Å². The molecule has 1 atom stereocenters. The summed E-state index contributed by atoms with van der Waals surface area (Å²) in [6.07, 6.45) is 1.33. The Morgan fingerprint density at radius 3 is 2.47 bits per heavy atom. The van der Waals surface area contributed by atoms with Crippen LogP contribution in [0.3, 0.4) is 0 Å². The van der Waals surface area contributed by atoms with Crippen molar-refractivity contribution in [2.45, 2.75) is 26.5 Å². The first kappa shape index (κ1) is 10.7. The lowest BCUT2D eigenvalue weighted by molar-refractivity contribution is 0.281. The molecule has 1 N–H and O–H groups in total. The summed E-state index contributed by atoms with van der Waals surface area (Å²) in [6.45, 7) is 5.95. The lowest BCUT2D eigenvalue weighted by Gasteiger charge is -2.15. The Balaban J connectivity index is 1.93. The smallest absolute Gasteiger partial charge is 0.0681 e. The van der Waals surface area contributed by atoms with Crippen LogP contribution in [0.5, 0.6) is 0 Å². The summed E-state index contributed by atoms with van der Waals surface area (Å²) < 4.78 is 0. The van der Waals surface area contributed by atoms with Gasteiger partial charge in [-0.1, -0.05) is 31.2 Å². The standard InChI is InChI=1S/C13H19NO/c1-11-6-7-14(8-11)9-12-2-4-13(10-15)5-3-12/h2-5,11,15H,6-10H2,1H3. The number of aliphatic hydroxyl groups excluding tert-OH is 1. The fourth-order valence-corrected chi connectivity index (χ4v) is 2.18. The third kappa shape index (κ3) is 2.80. The highest BCUT2D eigenvalue weighted by molar-refractivity contribution is 5.21. The average Bonchev–Trinajstić information content (AvgIpc) is 2.65. The second kappa shape index (κ2) is 4.77. The Bertz CT molecular complexity index is 307. The van der Waals surface area contributed by atoms with Crippen LogP contribution in [0.2, 0.25) is 0 Å². The van der Waals surface area contributed by atoms with Crippen LogP contribution in [0.4, 0.5) is 0 Å². The zero-order valence-electron chi connectivity index (χ0n) is 9.32. The molecule has 82 valence electrons. The molecule has 1 heterocycles. The Labute approximate surface area is 91.5 Å². The molecule has 1 unspecified atom stereocenters. The molecule has 1 aliphatic rings. The second-order valence-corrected chi connectivity index (χ2v) is 4.60. The van der Waals surface area contributed by atoms with Gasteiger partial charge in [-0.15, -0.1) is 0 Å². The number of likely N-dealkylation sites (tertiary alicyclic amines) is 1. The van der Waals surface area contributed by atoms with Crippen molar-refractivity contribution in [1.29, 1.82) is 0 Å². The van der Waals surface area contributed by atoms with Gasteiger partial charge in [0.1, 0.15) is 0 Å². The predicted octanol–water partition coefficient (Wildman–Crippen LogP) is 2.02. The van der Waals surface area contributed by atoms with Crippen LogP contribution in [0.25, 0.3) is 0 Å². The molecule has 0 aliphatic carbocycles. The van der Waals surface area contributed by atoms with Crippen molar-refractivity contribution in [2.75, 3.05) is 13.1 Å². The molecule has 0 aromatic heterocycles. The van der Waals surface area contributed by atoms with Crippen LogP contribution in [0.15, 0.2) is 24.3 Å². The van der Waals surface area contributed by atoms with Gasteiger partial charge in [0, 0.05) is 13.1 Å². The Morgan fingerprint density at radius 2 is 1.93 bits per heavy atom. The number of nitrogens with zero attached hydrogens (tertiary/aromatic N) is 1. The third-order valence-electron chi connectivity index (χ3n) is 3.12. The van der Waals surface area contributed by atoms with Gasteiger partial charge in [-0.25, -0.2) is 0 Å². The summed E-state index contributed by atoms with van der Waals surface area (Å²) in [5.74, 6) is 0.849. The lowest BCUT2D eigenvalue weighted by atomic mass is 10.1. The van der Waals surface area contributed by atoms with Crippen LogP contribution >= 0.6 is 0 Å². The zero-order valence-corrected chi connectivity index (χ0v) is 9.32. The van der Waals surface area contributed by atoms with Crippen LogP contribution < -0.4 is 0 Å². The molecule has 1 fully saturated rings. The fraction of sp³-hybridized carbons (Fsp3) is 0.538. The van der Waals surface area contributed by atoms with E-state index in [1.165, 1.54) is 25.1 Å². The minimum absolute atomic E-state index is 0.140. The van der Waals surface area contributed by atoms with Gasteiger partial charge >= 0.3 is 0 Å². The number of hydrogen-bond donors (Lipinski definition) is 1. The molecular weight excluding hydrogens is 186 g/mol. The summed E-state index contributed by atoms with van der Waals surface area (Å²) in [4.78, 5) is 2.50. The van der Waals surface area contributed by atoms with E-state index in [-0.39, 0.29) is 6.61 Å². The first-order valence-electron chi connectivity index (χ1n) is 5.69. The number of benzene rings is 1. The van der Waals surface area contributed by atoms with Gasteiger partial charge in [-0.3, -0.25) is 4.90 Å². The summed E-state index contributed by atoms with van der Waals surface area (Å²) in [6, 6.07) is 8.26. The molecule has 2 rings (SSSR count). The second-order valence-electron chi connectivity index (χ2n) is 4.60. The number of hydrogen-bond acceptors (Lipinski definition) is 2. The third-order valence-corrected chi connectivity index (χ3v) is 3.12. The topological polar surface area (TPSA) is 23.5 Å². The Hall–Kier alpha value is -0.860. The minimum Gasteiger partial charge on any atom is -0.392 e. The lowest BCUT2D eigenvalue weighted by Crippen LogP contribution is -2.19. The first-order valence-corrected chi connectivity index (χ1v) is 5.69. The molecule has 0 saturated carbocycles. The maximum Gasteiger partial charge on any atom is 0.0681 e. The van der Waals surface area contributed by atoms with Crippen LogP contribution in [-0.2, 0) is 13.2 Å². The fourth-order valence-electron chi connectivity index (χ4n) is 2.18. The van der Waals surface area contributed by atoms with Crippen molar-refractivity contribution in [3.05, 3.63) is 35.4 Å². The van der Waals surface area contributed by atoms with Crippen LogP contribution in [-0.4, -0.2) is 23.1 Å². The van der Waals surface area contributed by atoms with Crippen molar-refractivity contribution in [2.24, 2.45) is 5.92 Å². The highest BCUT2D eigenvalue weighted by Crippen LogP contribution is 2.17. The van der Waals surface area contributed by atoms with Gasteiger partial charge < -0.3 is 5.11 Å². The van der Waals surface area contributed by atoms with Gasteiger partial charge in [0.2, 0.25) is 0 Å². The number of rotatable bonds is 3. The van der Waals surface area contributed by atoms with Crippen molar-refractivity contribution in [3.8, 4) is 0 Å². The normalized spacial score (nSPS) is 22.1. The van der Waals surface area contributed by atoms with Gasteiger partial charge in [0.25, 0.3) is 0 Å². The molecule has 0 amide bonds. The Kier molecular flexibility index (Phi) is 3.39. The molecule has 1 aromatic rings. The molecule has 1 saturated heterocycles. The highest BCUT2D eigenvalue weighted by Gasteiger charge is 2.18.